The van der Waals surface area contributed by atoms with E-state index < -0.39 is 6.10 Å². The zero-order valence-electron chi connectivity index (χ0n) is 12.5. The van der Waals surface area contributed by atoms with E-state index in [0.717, 1.165) is 25.9 Å². The van der Waals surface area contributed by atoms with Crippen molar-refractivity contribution >= 4 is 0 Å². The Morgan fingerprint density at radius 3 is 2.81 bits per heavy atom. The van der Waals surface area contributed by atoms with Gasteiger partial charge in [-0.05, 0) is 50.4 Å². The number of nitrogens with zero attached hydrogens (tertiary/aromatic N) is 1. The molecule has 0 aliphatic carbocycles. The summed E-state index contributed by atoms with van der Waals surface area (Å²) in [5.74, 6) is 0.678. The Bertz CT molecular complexity index is 547. The molecule has 21 heavy (non-hydrogen) atoms. The molecule has 1 aliphatic rings. The van der Waals surface area contributed by atoms with Gasteiger partial charge in [-0.3, -0.25) is 4.90 Å². The summed E-state index contributed by atoms with van der Waals surface area (Å²) in [6, 6.07) is 12.9. The lowest BCUT2D eigenvalue weighted by Crippen LogP contribution is -2.30. The molecule has 1 aromatic carbocycles. The van der Waals surface area contributed by atoms with Crippen molar-refractivity contribution in [2.75, 3.05) is 6.54 Å². The summed E-state index contributed by atoms with van der Waals surface area (Å²) in [4.78, 5) is 2.48. The maximum atomic E-state index is 10.3. The van der Waals surface area contributed by atoms with Crippen LogP contribution < -0.4 is 0 Å². The van der Waals surface area contributed by atoms with Gasteiger partial charge in [-0.25, -0.2) is 0 Å². The molecule has 3 rings (SSSR count). The van der Waals surface area contributed by atoms with Gasteiger partial charge in [-0.2, -0.15) is 0 Å². The van der Waals surface area contributed by atoms with E-state index >= 15 is 0 Å². The molecule has 2 heterocycles. The fourth-order valence-electron chi connectivity index (χ4n) is 3.15. The molecule has 1 fully saturated rings. The zero-order valence-corrected chi connectivity index (χ0v) is 12.5. The van der Waals surface area contributed by atoms with Crippen LogP contribution in [0.2, 0.25) is 0 Å². The molecule has 1 N–H and O–H groups in total. The number of hydrogen-bond acceptors (Lipinski definition) is 3. The van der Waals surface area contributed by atoms with Gasteiger partial charge in [0.05, 0.1) is 6.26 Å². The maximum absolute atomic E-state index is 10.3. The van der Waals surface area contributed by atoms with E-state index in [1.54, 1.807) is 6.26 Å². The minimum absolute atomic E-state index is 0.436. The van der Waals surface area contributed by atoms with Crippen LogP contribution >= 0.6 is 0 Å². The van der Waals surface area contributed by atoms with E-state index in [4.69, 9.17) is 4.42 Å². The van der Waals surface area contributed by atoms with Gasteiger partial charge in [0.25, 0.3) is 0 Å². The summed E-state index contributed by atoms with van der Waals surface area (Å²) in [6.45, 7) is 4.20. The van der Waals surface area contributed by atoms with E-state index in [2.05, 4.69) is 36.1 Å². The first-order chi connectivity index (χ1) is 10.2. The van der Waals surface area contributed by atoms with Crippen molar-refractivity contribution in [2.24, 2.45) is 0 Å². The largest absolute Gasteiger partial charge is 0.467 e. The molecule has 0 radical (unpaired) electrons. The predicted octanol–water partition coefficient (Wildman–Crippen LogP) is 3.68. The third-order valence-corrected chi connectivity index (χ3v) is 4.37. The minimum atomic E-state index is -0.497. The molecule has 0 saturated carbocycles. The number of hydrogen-bond donors (Lipinski definition) is 1. The molecule has 0 bridgehead atoms. The molecule has 2 aromatic rings. The van der Waals surface area contributed by atoms with Gasteiger partial charge in [0.2, 0.25) is 0 Å². The SMILES string of the molecule is Cc1ccc(CN2CCCC2CC(O)c2ccco2)cc1. The average Bonchev–Trinajstić information content (AvgIpc) is 3.14. The number of aliphatic hydroxyl groups is 1. The van der Waals surface area contributed by atoms with Crippen molar-refractivity contribution in [3.8, 4) is 0 Å². The highest BCUT2D eigenvalue weighted by molar-refractivity contribution is 5.21. The van der Waals surface area contributed by atoms with E-state index in [1.165, 1.54) is 17.5 Å². The van der Waals surface area contributed by atoms with E-state index in [-0.39, 0.29) is 0 Å². The fourth-order valence-corrected chi connectivity index (χ4v) is 3.15. The van der Waals surface area contributed by atoms with Crippen molar-refractivity contribution in [3.05, 3.63) is 59.5 Å². The Morgan fingerprint density at radius 1 is 1.29 bits per heavy atom. The standard InChI is InChI=1S/C18H23NO2/c1-14-6-8-15(9-7-14)13-19-10-2-4-16(19)12-17(20)18-5-3-11-21-18/h3,5-9,11,16-17,20H,2,4,10,12-13H2,1H3. The molecule has 3 nitrogen and oxygen atoms in total. The van der Waals surface area contributed by atoms with Gasteiger partial charge in [-0.1, -0.05) is 29.8 Å². The Kier molecular flexibility index (Phi) is 4.42. The average molecular weight is 285 g/mol. The van der Waals surface area contributed by atoms with Crippen molar-refractivity contribution < 1.29 is 9.52 Å². The monoisotopic (exact) mass is 285 g/mol. The molecule has 0 spiro atoms. The molecular formula is C18H23NO2. The smallest absolute Gasteiger partial charge is 0.132 e. The molecule has 112 valence electrons. The third-order valence-electron chi connectivity index (χ3n) is 4.37. The summed E-state index contributed by atoms with van der Waals surface area (Å²) in [5, 5.41) is 10.3. The lowest BCUT2D eigenvalue weighted by molar-refractivity contribution is 0.0995. The highest BCUT2D eigenvalue weighted by atomic mass is 16.4. The lowest BCUT2D eigenvalue weighted by atomic mass is 10.0. The second-order valence-corrected chi connectivity index (χ2v) is 6.02. The maximum Gasteiger partial charge on any atom is 0.132 e. The Balaban J connectivity index is 1.61. The number of benzene rings is 1. The van der Waals surface area contributed by atoms with E-state index in [1.807, 2.05) is 12.1 Å². The van der Waals surface area contributed by atoms with Crippen LogP contribution in [0.3, 0.4) is 0 Å². The molecule has 3 heteroatoms. The van der Waals surface area contributed by atoms with Crippen LogP contribution in [0.25, 0.3) is 0 Å². The quantitative estimate of drug-likeness (QED) is 0.910. The molecule has 1 aliphatic heterocycles. The second kappa shape index (κ2) is 6.46. The van der Waals surface area contributed by atoms with Crippen LogP contribution in [0.1, 0.15) is 42.3 Å². The molecule has 1 saturated heterocycles. The van der Waals surface area contributed by atoms with Gasteiger partial charge >= 0.3 is 0 Å². The molecule has 2 unspecified atom stereocenters. The predicted molar refractivity (Wildman–Crippen MR) is 82.9 cm³/mol. The van der Waals surface area contributed by atoms with Crippen molar-refractivity contribution in [1.82, 2.24) is 4.90 Å². The number of aliphatic hydroxyl groups excluding tert-OH is 1. The normalized spacial score (nSPS) is 20.8. The van der Waals surface area contributed by atoms with Crippen LogP contribution in [-0.4, -0.2) is 22.6 Å². The third kappa shape index (κ3) is 3.55. The number of aryl methyl sites for hydroxylation is 1. The van der Waals surface area contributed by atoms with Gasteiger partial charge < -0.3 is 9.52 Å². The first-order valence-corrected chi connectivity index (χ1v) is 7.73. The number of rotatable bonds is 5. The van der Waals surface area contributed by atoms with Crippen LogP contribution in [0, 0.1) is 6.92 Å². The Labute approximate surface area is 126 Å². The first-order valence-electron chi connectivity index (χ1n) is 7.73. The van der Waals surface area contributed by atoms with Gasteiger partial charge in [-0.15, -0.1) is 0 Å². The van der Waals surface area contributed by atoms with Gasteiger partial charge in [0.1, 0.15) is 11.9 Å². The molecular weight excluding hydrogens is 262 g/mol. The highest BCUT2D eigenvalue weighted by Gasteiger charge is 2.27. The van der Waals surface area contributed by atoms with Crippen LogP contribution in [0.15, 0.2) is 47.1 Å². The van der Waals surface area contributed by atoms with Crippen LogP contribution in [-0.2, 0) is 6.54 Å². The zero-order chi connectivity index (χ0) is 14.7. The highest BCUT2D eigenvalue weighted by Crippen LogP contribution is 2.28. The van der Waals surface area contributed by atoms with Crippen molar-refractivity contribution in [2.45, 2.75) is 44.9 Å². The van der Waals surface area contributed by atoms with Crippen LogP contribution in [0.5, 0.6) is 0 Å². The second-order valence-electron chi connectivity index (χ2n) is 6.02. The fraction of sp³-hybridized carbons (Fsp3) is 0.444. The Hall–Kier alpha value is -1.58. The molecule has 1 aromatic heterocycles. The molecule has 2 atom stereocenters. The first kappa shape index (κ1) is 14.4. The summed E-state index contributed by atoms with van der Waals surface area (Å²) < 4.78 is 5.30. The Morgan fingerprint density at radius 2 is 2.10 bits per heavy atom. The topological polar surface area (TPSA) is 36.6 Å². The summed E-state index contributed by atoms with van der Waals surface area (Å²) in [5.41, 5.74) is 2.64. The molecule has 0 amide bonds. The van der Waals surface area contributed by atoms with Gasteiger partial charge in [0, 0.05) is 12.6 Å². The van der Waals surface area contributed by atoms with Crippen molar-refractivity contribution in [1.29, 1.82) is 0 Å². The van der Waals surface area contributed by atoms with E-state index in [0.29, 0.717) is 11.8 Å². The number of furan rings is 1. The number of likely N-dealkylation sites (tertiary alicyclic amines) is 1. The summed E-state index contributed by atoms with van der Waals surface area (Å²) in [7, 11) is 0. The minimum Gasteiger partial charge on any atom is -0.467 e. The summed E-state index contributed by atoms with van der Waals surface area (Å²) in [6.07, 6.45) is 4.24. The van der Waals surface area contributed by atoms with Crippen LogP contribution in [0.4, 0.5) is 0 Å². The van der Waals surface area contributed by atoms with E-state index in [9.17, 15) is 5.11 Å². The lowest BCUT2D eigenvalue weighted by Gasteiger charge is -2.26. The van der Waals surface area contributed by atoms with Crippen molar-refractivity contribution in [3.63, 3.8) is 0 Å². The van der Waals surface area contributed by atoms with Gasteiger partial charge in [0.15, 0.2) is 0 Å². The summed E-state index contributed by atoms with van der Waals surface area (Å²) >= 11 is 0.